The van der Waals surface area contributed by atoms with Gasteiger partial charge in [0.05, 0.1) is 11.8 Å². The average Bonchev–Trinajstić information content (AvgIpc) is 2.57. The van der Waals surface area contributed by atoms with Crippen molar-refractivity contribution in [2.24, 2.45) is 11.1 Å². The second kappa shape index (κ2) is 10.6. The van der Waals surface area contributed by atoms with Gasteiger partial charge in [0.2, 0.25) is 5.91 Å². The Balaban J connectivity index is 3.07. The van der Waals surface area contributed by atoms with E-state index in [0.29, 0.717) is 12.8 Å². The molecule has 2 nitrogen and oxygen atoms in total. The molecule has 0 saturated carbocycles. The molecule has 2 N–H and O–H groups in total. The predicted octanol–water partition coefficient (Wildman–Crippen LogP) is 6.35. The van der Waals surface area contributed by atoms with Crippen LogP contribution < -0.4 is 5.73 Å². The van der Waals surface area contributed by atoms with Crippen LogP contribution in [-0.2, 0) is 4.79 Å². The van der Waals surface area contributed by atoms with Gasteiger partial charge in [0.25, 0.3) is 0 Å². The van der Waals surface area contributed by atoms with Crippen molar-refractivity contribution in [2.75, 3.05) is 0 Å². The van der Waals surface area contributed by atoms with E-state index in [1.807, 2.05) is 13.0 Å². The molecule has 0 fully saturated rings. The average molecular weight is 371 g/mol. The molecule has 1 rings (SSSR count). The zero-order valence-corrected chi connectivity index (χ0v) is 15.9. The molecule has 2 unspecified atom stereocenters. The maximum Gasteiger partial charge on any atom is 0.390 e. The summed E-state index contributed by atoms with van der Waals surface area (Å²) < 4.78 is 40.2. The van der Waals surface area contributed by atoms with Crippen LogP contribution in [0.2, 0.25) is 0 Å². The summed E-state index contributed by atoms with van der Waals surface area (Å²) in [6, 6.07) is 9.00. The van der Waals surface area contributed by atoms with Crippen molar-refractivity contribution in [1.82, 2.24) is 0 Å². The lowest BCUT2D eigenvalue weighted by molar-refractivity contribution is -0.172. The third-order valence-electron chi connectivity index (χ3n) is 5.26. The summed E-state index contributed by atoms with van der Waals surface area (Å²) in [5.41, 5.74) is 4.79. The minimum atomic E-state index is -4.43. The van der Waals surface area contributed by atoms with Gasteiger partial charge in [-0.15, -0.1) is 0 Å². The number of carbonyl (C=O) groups excluding carboxylic acids is 1. The molecule has 5 heteroatoms. The molecule has 0 aliphatic heterocycles. The fraction of sp³-hybridized carbons (Fsp3) is 0.667. The van der Waals surface area contributed by atoms with Crippen molar-refractivity contribution in [3.63, 3.8) is 0 Å². The van der Waals surface area contributed by atoms with E-state index in [2.05, 4.69) is 6.92 Å². The Bertz CT molecular complexity index is 530. The Morgan fingerprint density at radius 2 is 1.58 bits per heavy atom. The van der Waals surface area contributed by atoms with Gasteiger partial charge < -0.3 is 5.73 Å². The van der Waals surface area contributed by atoms with E-state index in [4.69, 9.17) is 5.73 Å². The number of primary amides is 1. The Hall–Kier alpha value is -1.52. The Labute approximate surface area is 155 Å². The van der Waals surface area contributed by atoms with Crippen LogP contribution >= 0.6 is 0 Å². The van der Waals surface area contributed by atoms with E-state index >= 15 is 0 Å². The molecule has 0 aliphatic rings. The van der Waals surface area contributed by atoms with Gasteiger partial charge in [-0.3, -0.25) is 4.79 Å². The topological polar surface area (TPSA) is 43.1 Å². The molecular formula is C21H32F3NO. The van der Waals surface area contributed by atoms with E-state index in [1.165, 1.54) is 0 Å². The van der Waals surface area contributed by atoms with Crippen LogP contribution in [0.1, 0.15) is 83.1 Å². The maximum atomic E-state index is 13.4. The summed E-state index contributed by atoms with van der Waals surface area (Å²) >= 11 is 0. The van der Waals surface area contributed by atoms with Gasteiger partial charge in [-0.2, -0.15) is 13.2 Å². The molecule has 0 saturated heterocycles. The molecule has 1 amide bonds. The zero-order chi connectivity index (χ0) is 19.6. The number of nitrogens with two attached hydrogens (primary N) is 1. The highest BCUT2D eigenvalue weighted by Gasteiger charge is 2.50. The molecular weight excluding hydrogens is 339 g/mol. The Kier molecular flexibility index (Phi) is 9.17. The third kappa shape index (κ3) is 6.65. The van der Waals surface area contributed by atoms with Crippen molar-refractivity contribution >= 4 is 5.91 Å². The van der Waals surface area contributed by atoms with Gasteiger partial charge in [-0.25, -0.2) is 0 Å². The number of carbonyl (C=O) groups is 1. The van der Waals surface area contributed by atoms with Gasteiger partial charge in [-0.05, 0) is 24.3 Å². The van der Waals surface area contributed by atoms with Gasteiger partial charge in [0.1, 0.15) is 0 Å². The van der Waals surface area contributed by atoms with Crippen molar-refractivity contribution in [2.45, 2.75) is 83.7 Å². The highest BCUT2D eigenvalue weighted by molar-refractivity contribution is 5.82. The molecule has 0 radical (unpaired) electrons. The van der Waals surface area contributed by atoms with Crippen molar-refractivity contribution in [1.29, 1.82) is 0 Å². The van der Waals surface area contributed by atoms with Gasteiger partial charge in [0.15, 0.2) is 0 Å². The smallest absolute Gasteiger partial charge is 0.369 e. The molecule has 1 aromatic rings. The quantitative estimate of drug-likeness (QED) is 0.427. The van der Waals surface area contributed by atoms with E-state index in [0.717, 1.165) is 37.7 Å². The molecule has 0 heterocycles. The van der Waals surface area contributed by atoms with Gasteiger partial charge in [-0.1, -0.05) is 82.7 Å². The summed E-state index contributed by atoms with van der Waals surface area (Å²) in [7, 11) is 0. The van der Waals surface area contributed by atoms with Crippen molar-refractivity contribution in [3.8, 4) is 0 Å². The molecule has 0 spiro atoms. The maximum absolute atomic E-state index is 13.4. The van der Waals surface area contributed by atoms with Crippen LogP contribution in [-0.4, -0.2) is 12.1 Å². The third-order valence-corrected chi connectivity index (χ3v) is 5.26. The second-order valence-electron chi connectivity index (χ2n) is 7.20. The minimum Gasteiger partial charge on any atom is -0.369 e. The zero-order valence-electron chi connectivity index (χ0n) is 15.9. The molecule has 0 aromatic heterocycles. The van der Waals surface area contributed by atoms with Gasteiger partial charge >= 0.3 is 6.18 Å². The first-order chi connectivity index (χ1) is 12.3. The first kappa shape index (κ1) is 22.5. The van der Waals surface area contributed by atoms with Crippen LogP contribution in [0.25, 0.3) is 0 Å². The largest absolute Gasteiger partial charge is 0.390 e. The van der Waals surface area contributed by atoms with Crippen LogP contribution in [0.15, 0.2) is 30.3 Å². The summed E-state index contributed by atoms with van der Waals surface area (Å²) in [6.07, 6.45) is 0.768. The molecule has 2 atom stereocenters. The molecule has 148 valence electrons. The molecule has 26 heavy (non-hydrogen) atoms. The lowest BCUT2D eigenvalue weighted by Gasteiger charge is -2.39. The summed E-state index contributed by atoms with van der Waals surface area (Å²) in [5.74, 6) is -1.36. The minimum absolute atomic E-state index is 0.182. The molecule has 1 aromatic carbocycles. The Morgan fingerprint density at radius 3 is 2.08 bits per heavy atom. The van der Waals surface area contributed by atoms with E-state index < -0.39 is 29.8 Å². The van der Waals surface area contributed by atoms with E-state index in [9.17, 15) is 18.0 Å². The number of unbranched alkanes of at least 4 members (excludes halogenated alkanes) is 5. The van der Waals surface area contributed by atoms with Crippen molar-refractivity contribution in [3.05, 3.63) is 35.9 Å². The number of hydrogen-bond acceptors (Lipinski definition) is 1. The van der Waals surface area contributed by atoms with Crippen LogP contribution in [0.5, 0.6) is 0 Å². The number of alkyl halides is 3. The highest BCUT2D eigenvalue weighted by atomic mass is 19.4. The first-order valence-electron chi connectivity index (χ1n) is 9.68. The number of halogens is 3. The fourth-order valence-electron chi connectivity index (χ4n) is 3.98. The van der Waals surface area contributed by atoms with E-state index in [-0.39, 0.29) is 6.42 Å². The molecule has 0 bridgehead atoms. The number of amides is 1. The Morgan fingerprint density at radius 1 is 1.00 bits per heavy atom. The number of rotatable bonds is 12. The number of benzene rings is 1. The van der Waals surface area contributed by atoms with E-state index in [1.54, 1.807) is 24.3 Å². The van der Waals surface area contributed by atoms with Crippen LogP contribution in [0.4, 0.5) is 13.2 Å². The predicted molar refractivity (Wildman–Crippen MR) is 99.8 cm³/mol. The summed E-state index contributed by atoms with van der Waals surface area (Å²) in [6.45, 7) is 3.94. The first-order valence-corrected chi connectivity index (χ1v) is 9.68. The van der Waals surface area contributed by atoms with Crippen molar-refractivity contribution < 1.29 is 18.0 Å². The highest BCUT2D eigenvalue weighted by Crippen LogP contribution is 2.49. The number of hydrogen-bond donors (Lipinski definition) is 1. The molecule has 0 aliphatic carbocycles. The monoisotopic (exact) mass is 371 g/mol. The van der Waals surface area contributed by atoms with Crippen LogP contribution in [0.3, 0.4) is 0 Å². The fourth-order valence-corrected chi connectivity index (χ4v) is 3.98. The normalized spacial score (nSPS) is 15.4. The standard InChI is InChI=1S/C21H32F3NO/c1-3-5-6-7-8-12-15-20(19(25)26,16-21(22,23)24)18(4-2)17-13-10-9-11-14-17/h9-11,13-14,18H,3-8,12,15-16H2,1-2H3,(H2,25,26). The SMILES string of the molecule is CCCCCCCCC(CC(F)(F)F)(C(N)=O)C(CC)c1ccccc1. The summed E-state index contributed by atoms with van der Waals surface area (Å²) in [4.78, 5) is 12.4. The lowest BCUT2D eigenvalue weighted by atomic mass is 9.65. The lowest BCUT2D eigenvalue weighted by Crippen LogP contribution is -2.45. The van der Waals surface area contributed by atoms with Gasteiger partial charge in [0, 0.05) is 0 Å². The second-order valence-corrected chi connectivity index (χ2v) is 7.20. The van der Waals surface area contributed by atoms with Crippen LogP contribution in [0, 0.1) is 5.41 Å². The summed E-state index contributed by atoms with van der Waals surface area (Å²) in [5, 5.41) is 0.